The second-order valence-corrected chi connectivity index (χ2v) is 4.42. The number of carbonyl (C=O) groups is 1. The van der Waals surface area contributed by atoms with Crippen LogP contribution in [-0.4, -0.2) is 11.6 Å². The maximum Gasteiger partial charge on any atom is 0.354 e. The fourth-order valence-electron chi connectivity index (χ4n) is 1.07. The molecule has 0 heterocycles. The van der Waals surface area contributed by atoms with Crippen LogP contribution in [0.25, 0.3) is 0 Å². The average Bonchev–Trinajstić information content (AvgIpc) is 2.28. The van der Waals surface area contributed by atoms with Gasteiger partial charge in [-0.1, -0.05) is 23.2 Å². The normalized spacial score (nSPS) is 11.5. The van der Waals surface area contributed by atoms with E-state index < -0.39 is 11.6 Å². The molecule has 0 bridgehead atoms. The van der Waals surface area contributed by atoms with Gasteiger partial charge in [-0.15, -0.1) is 0 Å². The van der Waals surface area contributed by atoms with Crippen molar-refractivity contribution < 1.29 is 14.3 Å². The molecule has 5 heteroatoms. The van der Waals surface area contributed by atoms with Crippen LogP contribution in [0.5, 0.6) is 5.75 Å². The van der Waals surface area contributed by atoms with Crippen molar-refractivity contribution in [2.45, 2.75) is 19.4 Å². The first-order chi connectivity index (χ1) is 7.95. The van der Waals surface area contributed by atoms with Gasteiger partial charge in [0, 0.05) is 10.6 Å². The maximum absolute atomic E-state index is 11.6. The van der Waals surface area contributed by atoms with Crippen molar-refractivity contribution in [3.05, 3.63) is 41.1 Å². The Morgan fingerprint density at radius 2 is 1.88 bits per heavy atom. The number of benzene rings is 1. The Labute approximate surface area is 110 Å². The number of hydrogen-bond acceptors (Lipinski definition) is 3. The lowest BCUT2D eigenvalue weighted by atomic mass is 10.1. The van der Waals surface area contributed by atoms with Gasteiger partial charge >= 0.3 is 5.97 Å². The summed E-state index contributed by atoms with van der Waals surface area (Å²) in [5.41, 5.74) is 0.000495. The molecule has 3 nitrogen and oxygen atoms in total. The standard InChI is InChI=1S/C12H12Cl2O3/c1-12(2,11(15)16-8-7-13)17-10-5-3-9(14)4-6-10/h3-8H,1-2H3. The quantitative estimate of drug-likeness (QED) is 0.620. The van der Waals surface area contributed by atoms with E-state index in [1.165, 1.54) is 0 Å². The number of halogens is 2. The Balaban J connectivity index is 2.71. The molecule has 17 heavy (non-hydrogen) atoms. The van der Waals surface area contributed by atoms with Crippen molar-refractivity contribution in [2.24, 2.45) is 0 Å². The third kappa shape index (κ3) is 4.29. The Morgan fingerprint density at radius 3 is 2.41 bits per heavy atom. The molecule has 0 spiro atoms. The van der Waals surface area contributed by atoms with Gasteiger partial charge in [0.15, 0.2) is 0 Å². The third-order valence-electron chi connectivity index (χ3n) is 1.90. The van der Waals surface area contributed by atoms with Crippen molar-refractivity contribution in [1.29, 1.82) is 0 Å². The van der Waals surface area contributed by atoms with Crippen LogP contribution in [0.2, 0.25) is 5.02 Å². The summed E-state index contributed by atoms with van der Waals surface area (Å²) in [4.78, 5) is 11.6. The molecule has 0 fully saturated rings. The molecule has 0 saturated heterocycles. The van der Waals surface area contributed by atoms with Crippen LogP contribution in [0, 0.1) is 0 Å². The predicted octanol–water partition coefficient (Wildman–Crippen LogP) is 3.75. The van der Waals surface area contributed by atoms with Crippen LogP contribution in [0.15, 0.2) is 36.1 Å². The van der Waals surface area contributed by atoms with Gasteiger partial charge in [-0.2, -0.15) is 0 Å². The zero-order chi connectivity index (χ0) is 12.9. The summed E-state index contributed by atoms with van der Waals surface area (Å²) in [7, 11) is 0. The van der Waals surface area contributed by atoms with Crippen LogP contribution in [0.4, 0.5) is 0 Å². The van der Waals surface area contributed by atoms with E-state index in [2.05, 4.69) is 0 Å². The molecule has 0 atom stereocenters. The Hall–Kier alpha value is -1.19. The van der Waals surface area contributed by atoms with Crippen LogP contribution < -0.4 is 4.74 Å². The van der Waals surface area contributed by atoms with Crippen molar-refractivity contribution >= 4 is 29.2 Å². The van der Waals surface area contributed by atoms with E-state index in [0.29, 0.717) is 10.8 Å². The zero-order valence-corrected chi connectivity index (χ0v) is 11.0. The maximum atomic E-state index is 11.6. The summed E-state index contributed by atoms with van der Waals surface area (Å²) in [6.07, 6.45) is 1.09. The van der Waals surface area contributed by atoms with Crippen molar-refractivity contribution in [1.82, 2.24) is 0 Å². The molecule has 0 aromatic heterocycles. The summed E-state index contributed by atoms with van der Waals surface area (Å²) in [6, 6.07) is 6.71. The molecule has 0 radical (unpaired) electrons. The first-order valence-electron chi connectivity index (χ1n) is 4.86. The van der Waals surface area contributed by atoms with Crippen LogP contribution in [-0.2, 0) is 9.53 Å². The van der Waals surface area contributed by atoms with E-state index in [1.54, 1.807) is 38.1 Å². The predicted molar refractivity (Wildman–Crippen MR) is 67.2 cm³/mol. The largest absolute Gasteiger partial charge is 0.476 e. The van der Waals surface area contributed by atoms with E-state index in [1.807, 2.05) is 0 Å². The minimum atomic E-state index is -1.11. The van der Waals surface area contributed by atoms with Gasteiger partial charge in [-0.25, -0.2) is 4.79 Å². The second kappa shape index (κ2) is 5.94. The molecule has 0 unspecified atom stereocenters. The SMILES string of the molecule is CC(C)(Oc1ccc(Cl)cc1)C(=O)OC=CCl. The molecule has 1 rings (SSSR count). The third-order valence-corrected chi connectivity index (χ3v) is 2.26. The highest BCUT2D eigenvalue weighted by Crippen LogP contribution is 2.21. The molecular formula is C12H12Cl2O3. The molecule has 0 aliphatic rings. The molecule has 0 amide bonds. The van der Waals surface area contributed by atoms with Crippen LogP contribution in [0.1, 0.15) is 13.8 Å². The smallest absolute Gasteiger partial charge is 0.354 e. The van der Waals surface area contributed by atoms with Crippen LogP contribution >= 0.6 is 23.2 Å². The number of rotatable bonds is 4. The highest BCUT2D eigenvalue weighted by molar-refractivity contribution is 6.30. The molecule has 0 N–H and O–H groups in total. The van der Waals surface area contributed by atoms with E-state index in [4.69, 9.17) is 32.7 Å². The molecule has 1 aromatic carbocycles. The first-order valence-corrected chi connectivity index (χ1v) is 5.68. The lowest BCUT2D eigenvalue weighted by Crippen LogP contribution is -2.38. The lowest BCUT2D eigenvalue weighted by molar-refractivity contribution is -0.153. The molecule has 92 valence electrons. The summed E-state index contributed by atoms with van der Waals surface area (Å²) in [5, 5.41) is 0.600. The molecule has 0 aliphatic carbocycles. The van der Waals surface area contributed by atoms with Crippen molar-refractivity contribution in [3.8, 4) is 5.75 Å². The highest BCUT2D eigenvalue weighted by Gasteiger charge is 2.31. The summed E-state index contributed by atoms with van der Waals surface area (Å²) >= 11 is 11.0. The van der Waals surface area contributed by atoms with Gasteiger partial charge in [0.05, 0.1) is 0 Å². The minimum absolute atomic E-state index is 0.534. The van der Waals surface area contributed by atoms with E-state index in [0.717, 1.165) is 11.8 Å². The van der Waals surface area contributed by atoms with Gasteiger partial charge in [-0.05, 0) is 38.1 Å². The molecule has 0 saturated carbocycles. The number of esters is 1. The Bertz CT molecular complexity index is 410. The highest BCUT2D eigenvalue weighted by atomic mass is 35.5. The summed E-state index contributed by atoms with van der Waals surface area (Å²) < 4.78 is 10.3. The van der Waals surface area contributed by atoms with E-state index >= 15 is 0 Å². The van der Waals surface area contributed by atoms with Gasteiger partial charge < -0.3 is 9.47 Å². The van der Waals surface area contributed by atoms with Gasteiger partial charge in [-0.3, -0.25) is 0 Å². The fraction of sp³-hybridized carbons (Fsp3) is 0.250. The molecule has 1 aromatic rings. The fourth-order valence-corrected chi connectivity index (χ4v) is 1.25. The monoisotopic (exact) mass is 274 g/mol. The molecule has 0 aliphatic heterocycles. The van der Waals surface area contributed by atoms with Gasteiger partial charge in [0.1, 0.15) is 12.0 Å². The Morgan fingerprint density at radius 1 is 1.29 bits per heavy atom. The number of carbonyl (C=O) groups excluding carboxylic acids is 1. The van der Waals surface area contributed by atoms with Crippen molar-refractivity contribution in [3.63, 3.8) is 0 Å². The second-order valence-electron chi connectivity index (χ2n) is 3.73. The van der Waals surface area contributed by atoms with E-state index in [-0.39, 0.29) is 0 Å². The average molecular weight is 275 g/mol. The van der Waals surface area contributed by atoms with Gasteiger partial charge in [0.2, 0.25) is 5.60 Å². The first kappa shape index (κ1) is 13.9. The lowest BCUT2D eigenvalue weighted by Gasteiger charge is -2.23. The minimum Gasteiger partial charge on any atom is -0.476 e. The van der Waals surface area contributed by atoms with Crippen LogP contribution in [0.3, 0.4) is 0 Å². The number of hydrogen-bond donors (Lipinski definition) is 0. The zero-order valence-electron chi connectivity index (χ0n) is 9.44. The van der Waals surface area contributed by atoms with Crippen molar-refractivity contribution in [2.75, 3.05) is 0 Å². The summed E-state index contributed by atoms with van der Waals surface area (Å²) in [5.74, 6) is -0.00412. The van der Waals surface area contributed by atoms with Gasteiger partial charge in [0.25, 0.3) is 0 Å². The topological polar surface area (TPSA) is 35.5 Å². The number of ether oxygens (including phenoxy) is 2. The molecular weight excluding hydrogens is 263 g/mol. The Kier molecular flexibility index (Phi) is 4.85. The van der Waals surface area contributed by atoms with E-state index in [9.17, 15) is 4.79 Å². The summed E-state index contributed by atoms with van der Waals surface area (Å²) in [6.45, 7) is 3.21.